The second-order valence-electron chi connectivity index (χ2n) is 3.52. The smallest absolute Gasteiger partial charge is 0.120 e. The van der Waals surface area contributed by atoms with Gasteiger partial charge < -0.3 is 4.74 Å². The third-order valence-corrected chi connectivity index (χ3v) is 2.17. The number of ether oxygens (including phenoxy) is 1. The van der Waals surface area contributed by atoms with Gasteiger partial charge in [0.25, 0.3) is 0 Å². The highest BCUT2D eigenvalue weighted by molar-refractivity contribution is 5.27. The standard InChI is InChI=1S/C14H13O/c1-12-6-5-9-14(10-12)15-11-13-7-3-2-4-8-13/h2-3,5-10H,11H2,1H3. The van der Waals surface area contributed by atoms with Crippen LogP contribution in [0.2, 0.25) is 0 Å². The van der Waals surface area contributed by atoms with Crippen LogP contribution in [-0.4, -0.2) is 0 Å². The summed E-state index contributed by atoms with van der Waals surface area (Å²) in [6.07, 6.45) is 0. The van der Waals surface area contributed by atoms with Crippen LogP contribution in [0.5, 0.6) is 5.75 Å². The van der Waals surface area contributed by atoms with Crippen LogP contribution in [0.25, 0.3) is 0 Å². The van der Waals surface area contributed by atoms with Gasteiger partial charge in [0.2, 0.25) is 0 Å². The van der Waals surface area contributed by atoms with Gasteiger partial charge in [0.1, 0.15) is 12.4 Å². The number of benzene rings is 2. The fourth-order valence-electron chi connectivity index (χ4n) is 1.39. The number of hydrogen-bond donors (Lipinski definition) is 0. The Morgan fingerprint density at radius 1 is 1.20 bits per heavy atom. The summed E-state index contributed by atoms with van der Waals surface area (Å²) in [5.74, 6) is 0.916. The van der Waals surface area contributed by atoms with Crippen LogP contribution in [0.15, 0.2) is 48.5 Å². The van der Waals surface area contributed by atoms with E-state index in [9.17, 15) is 0 Å². The zero-order valence-electron chi connectivity index (χ0n) is 8.73. The fraction of sp³-hybridized carbons (Fsp3) is 0.143. The average molecular weight is 197 g/mol. The lowest BCUT2D eigenvalue weighted by Gasteiger charge is -2.06. The van der Waals surface area contributed by atoms with Gasteiger partial charge in [0.05, 0.1) is 0 Å². The molecule has 0 saturated heterocycles. The molecule has 0 atom stereocenters. The van der Waals surface area contributed by atoms with Crippen molar-refractivity contribution in [2.45, 2.75) is 13.5 Å². The maximum atomic E-state index is 5.65. The zero-order valence-corrected chi connectivity index (χ0v) is 8.73. The normalized spacial score (nSPS) is 9.93. The Balaban J connectivity index is 1.99. The molecule has 1 nitrogen and oxygen atoms in total. The van der Waals surface area contributed by atoms with Gasteiger partial charge >= 0.3 is 0 Å². The van der Waals surface area contributed by atoms with E-state index in [2.05, 4.69) is 19.1 Å². The van der Waals surface area contributed by atoms with Gasteiger partial charge in [0.15, 0.2) is 0 Å². The van der Waals surface area contributed by atoms with Crippen molar-refractivity contribution in [1.82, 2.24) is 0 Å². The molecule has 0 saturated carbocycles. The van der Waals surface area contributed by atoms with Gasteiger partial charge in [-0.1, -0.05) is 30.3 Å². The third-order valence-electron chi connectivity index (χ3n) is 2.17. The summed E-state index contributed by atoms with van der Waals surface area (Å²) in [4.78, 5) is 0. The quantitative estimate of drug-likeness (QED) is 0.733. The maximum absolute atomic E-state index is 5.65. The molecule has 0 N–H and O–H groups in total. The van der Waals surface area contributed by atoms with E-state index in [-0.39, 0.29) is 0 Å². The van der Waals surface area contributed by atoms with E-state index in [4.69, 9.17) is 4.74 Å². The number of hydrogen-bond acceptors (Lipinski definition) is 1. The van der Waals surface area contributed by atoms with Crippen LogP contribution in [0, 0.1) is 13.0 Å². The highest BCUT2D eigenvalue weighted by atomic mass is 16.5. The third kappa shape index (κ3) is 2.84. The van der Waals surface area contributed by atoms with Crippen LogP contribution < -0.4 is 4.74 Å². The van der Waals surface area contributed by atoms with Gasteiger partial charge in [-0.25, -0.2) is 0 Å². The molecule has 0 unspecified atom stereocenters. The molecule has 0 aliphatic carbocycles. The minimum atomic E-state index is 0.598. The molecule has 2 rings (SSSR count). The Labute approximate surface area is 90.3 Å². The van der Waals surface area contributed by atoms with Gasteiger partial charge in [0, 0.05) is 0 Å². The van der Waals surface area contributed by atoms with Crippen molar-refractivity contribution >= 4 is 0 Å². The Kier molecular flexibility index (Phi) is 3.03. The summed E-state index contributed by atoms with van der Waals surface area (Å²) >= 11 is 0. The maximum Gasteiger partial charge on any atom is 0.120 e. The molecule has 0 fully saturated rings. The lowest BCUT2D eigenvalue weighted by Crippen LogP contribution is -1.94. The van der Waals surface area contributed by atoms with E-state index in [0.717, 1.165) is 11.3 Å². The topological polar surface area (TPSA) is 9.23 Å². The number of rotatable bonds is 3. The second kappa shape index (κ2) is 4.65. The van der Waals surface area contributed by atoms with Crippen molar-refractivity contribution in [2.24, 2.45) is 0 Å². The molecular weight excluding hydrogens is 184 g/mol. The van der Waals surface area contributed by atoms with Crippen molar-refractivity contribution in [1.29, 1.82) is 0 Å². The Hall–Kier alpha value is -1.76. The van der Waals surface area contributed by atoms with Crippen LogP contribution in [0.3, 0.4) is 0 Å². The molecule has 0 aliphatic heterocycles. The highest BCUT2D eigenvalue weighted by Crippen LogP contribution is 2.14. The summed E-state index contributed by atoms with van der Waals surface area (Å²) in [7, 11) is 0. The van der Waals surface area contributed by atoms with Crippen LogP contribution in [0.1, 0.15) is 11.1 Å². The SMILES string of the molecule is Cc1cccc(OCc2c[c]ccc2)c1. The lowest BCUT2D eigenvalue weighted by atomic mass is 10.2. The van der Waals surface area contributed by atoms with E-state index in [0.29, 0.717) is 6.61 Å². The molecule has 0 bridgehead atoms. The molecule has 0 aromatic heterocycles. The molecule has 15 heavy (non-hydrogen) atoms. The summed E-state index contributed by atoms with van der Waals surface area (Å²) in [5, 5.41) is 0. The summed E-state index contributed by atoms with van der Waals surface area (Å²) in [5.41, 5.74) is 2.35. The van der Waals surface area contributed by atoms with E-state index < -0.39 is 0 Å². The van der Waals surface area contributed by atoms with Gasteiger partial charge in [-0.2, -0.15) is 0 Å². The lowest BCUT2D eigenvalue weighted by molar-refractivity contribution is 0.306. The van der Waals surface area contributed by atoms with Gasteiger partial charge in [-0.05, 0) is 42.3 Å². The highest BCUT2D eigenvalue weighted by Gasteiger charge is 1.95. The summed E-state index contributed by atoms with van der Waals surface area (Å²) < 4.78 is 5.65. The molecule has 1 heteroatoms. The first kappa shape index (κ1) is 9.78. The monoisotopic (exact) mass is 197 g/mol. The van der Waals surface area contributed by atoms with Crippen LogP contribution in [-0.2, 0) is 6.61 Å². The second-order valence-corrected chi connectivity index (χ2v) is 3.52. The molecule has 0 aliphatic rings. The average Bonchev–Trinajstić information content (AvgIpc) is 2.28. The van der Waals surface area contributed by atoms with E-state index in [1.54, 1.807) is 0 Å². The summed E-state index contributed by atoms with van der Waals surface area (Å²) in [6.45, 7) is 2.66. The van der Waals surface area contributed by atoms with Crippen molar-refractivity contribution in [3.05, 3.63) is 65.7 Å². The first-order chi connectivity index (χ1) is 7.34. The van der Waals surface area contributed by atoms with Crippen molar-refractivity contribution in [3.63, 3.8) is 0 Å². The molecule has 0 heterocycles. The van der Waals surface area contributed by atoms with Crippen molar-refractivity contribution in [2.75, 3.05) is 0 Å². The first-order valence-corrected chi connectivity index (χ1v) is 4.99. The molecule has 2 aromatic carbocycles. The first-order valence-electron chi connectivity index (χ1n) is 4.99. The predicted octanol–water partition coefficient (Wildman–Crippen LogP) is 3.37. The predicted molar refractivity (Wildman–Crippen MR) is 60.8 cm³/mol. The molecule has 0 amide bonds. The Morgan fingerprint density at radius 3 is 2.87 bits per heavy atom. The van der Waals surface area contributed by atoms with Crippen LogP contribution in [0.4, 0.5) is 0 Å². The largest absolute Gasteiger partial charge is 0.489 e. The number of aryl methyl sites for hydroxylation is 1. The van der Waals surface area contributed by atoms with Crippen molar-refractivity contribution < 1.29 is 4.74 Å². The molecule has 75 valence electrons. The van der Waals surface area contributed by atoms with Crippen LogP contribution >= 0.6 is 0 Å². The van der Waals surface area contributed by atoms with Gasteiger partial charge in [-0.15, -0.1) is 0 Å². The Bertz CT molecular complexity index is 420. The van der Waals surface area contributed by atoms with Crippen molar-refractivity contribution in [3.8, 4) is 5.75 Å². The van der Waals surface area contributed by atoms with E-state index in [1.807, 2.05) is 42.5 Å². The molecule has 1 radical (unpaired) electrons. The minimum Gasteiger partial charge on any atom is -0.489 e. The van der Waals surface area contributed by atoms with E-state index in [1.165, 1.54) is 5.56 Å². The molecular formula is C14H13O. The fourth-order valence-corrected chi connectivity index (χ4v) is 1.39. The zero-order chi connectivity index (χ0) is 10.5. The van der Waals surface area contributed by atoms with E-state index >= 15 is 0 Å². The molecule has 2 aromatic rings. The Morgan fingerprint density at radius 2 is 2.13 bits per heavy atom. The molecule has 0 spiro atoms. The van der Waals surface area contributed by atoms with Gasteiger partial charge in [-0.3, -0.25) is 0 Å². The minimum absolute atomic E-state index is 0.598. The summed E-state index contributed by atoms with van der Waals surface area (Å²) in [6, 6.07) is 18.9.